The summed E-state index contributed by atoms with van der Waals surface area (Å²) < 4.78 is 0. The first-order valence-corrected chi connectivity index (χ1v) is 2.18. The van der Waals surface area contributed by atoms with Crippen LogP contribution in [0, 0.1) is 0 Å². The highest BCUT2D eigenvalue weighted by atomic mass is 17.2. The van der Waals surface area contributed by atoms with Crippen LogP contribution in [0.3, 0.4) is 0 Å². The van der Waals surface area contributed by atoms with Gasteiger partial charge in [0.05, 0.1) is 0 Å². The number of hydrogen-bond donors (Lipinski definition) is 0. The van der Waals surface area contributed by atoms with Crippen LogP contribution in [0.25, 0.3) is 0 Å². The number of carbonyl (C=O) groups excluding carboxylic acids is 1. The quantitative estimate of drug-likeness (QED) is 0.235. The Kier molecular flexibility index (Phi) is 3.88. The van der Waals surface area contributed by atoms with E-state index in [-0.39, 0.29) is 6.61 Å². The zero-order valence-corrected chi connectivity index (χ0v) is 4.72. The van der Waals surface area contributed by atoms with Crippen LogP contribution in [0.4, 0.5) is 0 Å². The molecule has 0 aromatic heterocycles. The summed E-state index contributed by atoms with van der Waals surface area (Å²) in [5.74, 6) is -0.452. The van der Waals surface area contributed by atoms with Gasteiger partial charge in [-0.1, -0.05) is 6.08 Å². The first kappa shape index (κ1) is 7.17. The average Bonchev–Trinajstić information content (AvgIpc) is 1.66. The maximum Gasteiger partial charge on any atom is 0.339 e. The molecule has 0 aliphatic carbocycles. The fourth-order valence-corrected chi connectivity index (χ4v) is 0.165. The van der Waals surface area contributed by atoms with Crippen molar-refractivity contribution in [2.75, 3.05) is 6.61 Å². The van der Waals surface area contributed by atoms with Crippen molar-refractivity contribution in [2.24, 2.45) is 0 Å². The van der Waals surface area contributed by atoms with Gasteiger partial charge in [-0.05, 0) is 0 Å². The van der Waals surface area contributed by atoms with Crippen molar-refractivity contribution >= 4 is 5.97 Å². The largest absolute Gasteiger partial charge is 0.339 e. The maximum absolute atomic E-state index is 9.94. The Labute approximate surface area is 47.8 Å². The molecule has 0 radical (unpaired) electrons. The third-order valence-corrected chi connectivity index (χ3v) is 0.362. The second-order valence-corrected chi connectivity index (χ2v) is 1.15. The Morgan fingerprint density at radius 3 is 2.88 bits per heavy atom. The zero-order valence-electron chi connectivity index (χ0n) is 4.72. The normalized spacial score (nSPS) is 8.12. The van der Waals surface area contributed by atoms with Crippen LogP contribution in [0.1, 0.15) is 6.92 Å². The average molecular weight is 116 g/mol. The molecule has 46 valence electrons. The Morgan fingerprint density at radius 1 is 1.88 bits per heavy atom. The summed E-state index contributed by atoms with van der Waals surface area (Å²) in [7, 11) is 0. The van der Waals surface area contributed by atoms with Gasteiger partial charge in [0.25, 0.3) is 0 Å². The molecule has 0 aliphatic rings. The SMILES string of the molecule is C=CCOOC(C)=O. The van der Waals surface area contributed by atoms with Crippen molar-refractivity contribution in [3.8, 4) is 0 Å². The van der Waals surface area contributed by atoms with Crippen molar-refractivity contribution in [3.63, 3.8) is 0 Å². The van der Waals surface area contributed by atoms with Crippen molar-refractivity contribution in [1.82, 2.24) is 0 Å². The van der Waals surface area contributed by atoms with Crippen molar-refractivity contribution in [2.45, 2.75) is 6.92 Å². The van der Waals surface area contributed by atoms with Gasteiger partial charge in [0.15, 0.2) is 0 Å². The molecule has 0 aromatic carbocycles. The zero-order chi connectivity index (χ0) is 6.41. The van der Waals surface area contributed by atoms with Gasteiger partial charge in [-0.2, -0.15) is 4.89 Å². The Bertz CT molecular complexity index is 87.7. The smallest absolute Gasteiger partial charge is 0.298 e. The molecule has 0 aromatic rings. The van der Waals surface area contributed by atoms with Gasteiger partial charge >= 0.3 is 5.97 Å². The van der Waals surface area contributed by atoms with E-state index in [9.17, 15) is 4.79 Å². The van der Waals surface area contributed by atoms with E-state index in [0.717, 1.165) is 0 Å². The summed E-state index contributed by atoms with van der Waals surface area (Å²) in [6, 6.07) is 0. The molecule has 0 atom stereocenters. The molecule has 8 heavy (non-hydrogen) atoms. The molecule has 0 saturated heterocycles. The molecule has 3 nitrogen and oxygen atoms in total. The molecule has 0 spiro atoms. The molecule has 0 rings (SSSR count). The minimum atomic E-state index is -0.452. The number of rotatable bonds is 3. The molecular weight excluding hydrogens is 108 g/mol. The van der Waals surface area contributed by atoms with Gasteiger partial charge in [-0.15, -0.1) is 6.58 Å². The summed E-state index contributed by atoms with van der Waals surface area (Å²) in [6.07, 6.45) is 1.49. The molecule has 0 saturated carbocycles. The summed E-state index contributed by atoms with van der Waals surface area (Å²) in [5, 5.41) is 0. The Hall–Kier alpha value is -0.830. The molecule has 0 aliphatic heterocycles. The summed E-state index contributed by atoms with van der Waals surface area (Å²) >= 11 is 0. The highest BCUT2D eigenvalue weighted by Crippen LogP contribution is 1.77. The van der Waals surface area contributed by atoms with Crippen LogP contribution in [0.15, 0.2) is 12.7 Å². The van der Waals surface area contributed by atoms with Crippen LogP contribution in [-0.4, -0.2) is 12.6 Å². The predicted molar refractivity (Wildman–Crippen MR) is 27.9 cm³/mol. The standard InChI is InChI=1S/C5H8O3/c1-3-4-7-8-5(2)6/h3H,1,4H2,2H3. The van der Waals surface area contributed by atoms with Crippen LogP contribution in [0.5, 0.6) is 0 Å². The molecule has 3 heteroatoms. The fraction of sp³-hybridized carbons (Fsp3) is 0.400. The van der Waals surface area contributed by atoms with E-state index in [1.807, 2.05) is 0 Å². The van der Waals surface area contributed by atoms with Gasteiger partial charge in [-0.3, -0.25) is 4.89 Å². The molecule has 0 N–H and O–H groups in total. The third-order valence-electron chi connectivity index (χ3n) is 0.362. The Morgan fingerprint density at radius 2 is 2.50 bits per heavy atom. The van der Waals surface area contributed by atoms with Gasteiger partial charge in [-0.25, -0.2) is 4.79 Å². The van der Waals surface area contributed by atoms with Crippen molar-refractivity contribution < 1.29 is 14.6 Å². The lowest BCUT2D eigenvalue weighted by molar-refractivity contribution is -0.263. The highest BCUT2D eigenvalue weighted by molar-refractivity contribution is 5.65. The minimum Gasteiger partial charge on any atom is -0.298 e. The lowest BCUT2D eigenvalue weighted by Gasteiger charge is -1.93. The first-order valence-electron chi connectivity index (χ1n) is 2.18. The second kappa shape index (κ2) is 4.33. The van der Waals surface area contributed by atoms with E-state index < -0.39 is 5.97 Å². The van der Waals surface area contributed by atoms with Crippen LogP contribution < -0.4 is 0 Å². The van der Waals surface area contributed by atoms with E-state index in [2.05, 4.69) is 16.4 Å². The van der Waals surface area contributed by atoms with E-state index >= 15 is 0 Å². The van der Waals surface area contributed by atoms with Crippen molar-refractivity contribution in [3.05, 3.63) is 12.7 Å². The number of hydrogen-bond acceptors (Lipinski definition) is 3. The maximum atomic E-state index is 9.94. The molecule has 0 amide bonds. The van der Waals surface area contributed by atoms with Crippen LogP contribution >= 0.6 is 0 Å². The second-order valence-electron chi connectivity index (χ2n) is 1.15. The summed E-state index contributed by atoms with van der Waals surface area (Å²) in [6.45, 7) is 4.84. The molecular formula is C5H8O3. The van der Waals surface area contributed by atoms with Crippen LogP contribution in [0.2, 0.25) is 0 Å². The molecule has 0 fully saturated rings. The molecule has 0 heterocycles. The van der Waals surface area contributed by atoms with E-state index in [0.29, 0.717) is 0 Å². The highest BCUT2D eigenvalue weighted by Gasteiger charge is 1.87. The third kappa shape index (κ3) is 5.17. The van der Waals surface area contributed by atoms with Gasteiger partial charge in [0.1, 0.15) is 6.61 Å². The fourth-order valence-electron chi connectivity index (χ4n) is 0.165. The molecule has 0 unspecified atom stereocenters. The minimum absolute atomic E-state index is 0.236. The predicted octanol–water partition coefficient (Wildman–Crippen LogP) is 0.667. The van der Waals surface area contributed by atoms with Crippen molar-refractivity contribution in [1.29, 1.82) is 0 Å². The lowest BCUT2D eigenvalue weighted by Crippen LogP contribution is -1.99. The van der Waals surface area contributed by atoms with Gasteiger partial charge in [0, 0.05) is 6.92 Å². The topological polar surface area (TPSA) is 35.5 Å². The lowest BCUT2D eigenvalue weighted by atomic mass is 10.7. The number of carbonyl (C=O) groups is 1. The van der Waals surface area contributed by atoms with E-state index in [4.69, 9.17) is 0 Å². The summed E-state index contributed by atoms with van der Waals surface area (Å²) in [4.78, 5) is 18.3. The monoisotopic (exact) mass is 116 g/mol. The Balaban J connectivity index is 2.93. The molecule has 0 bridgehead atoms. The van der Waals surface area contributed by atoms with Gasteiger partial charge < -0.3 is 0 Å². The van der Waals surface area contributed by atoms with Gasteiger partial charge in [0.2, 0.25) is 0 Å². The first-order chi connectivity index (χ1) is 3.77. The van der Waals surface area contributed by atoms with E-state index in [1.54, 1.807) is 0 Å². The summed E-state index contributed by atoms with van der Waals surface area (Å²) in [5.41, 5.74) is 0. The van der Waals surface area contributed by atoms with E-state index in [1.165, 1.54) is 13.0 Å². The van der Waals surface area contributed by atoms with Crippen LogP contribution in [-0.2, 0) is 14.6 Å².